The predicted octanol–water partition coefficient (Wildman–Crippen LogP) is 1.26. The number of hydrogen-bond acceptors (Lipinski definition) is 2. The summed E-state index contributed by atoms with van der Waals surface area (Å²) >= 11 is 0. The second-order valence-electron chi connectivity index (χ2n) is 3.75. The van der Waals surface area contributed by atoms with Gasteiger partial charge >= 0.3 is 0 Å². The molecule has 1 aliphatic rings. The molecule has 1 aromatic rings. The third kappa shape index (κ3) is 1.26. The fourth-order valence-electron chi connectivity index (χ4n) is 1.85. The molecule has 0 radical (unpaired) electrons. The Hall–Kier alpha value is -0.860. The highest BCUT2D eigenvalue weighted by atomic mass is 16.5. The lowest BCUT2D eigenvalue weighted by Crippen LogP contribution is -2.50. The lowest BCUT2D eigenvalue weighted by atomic mass is 9.77. The van der Waals surface area contributed by atoms with E-state index < -0.39 is 0 Å². The molecular formula is C11H14O2. The number of rotatable bonds is 2. The van der Waals surface area contributed by atoms with Crippen LogP contribution in [0.4, 0.5) is 0 Å². The summed E-state index contributed by atoms with van der Waals surface area (Å²) in [5.41, 5.74) is 2.34. The standard InChI is InChI=1S/C11H14O2/c1-9-4-2-3-5-10(9)11(6-12)7-13-8-11/h2-5,12H,6-8H2,1H3. The molecule has 1 saturated heterocycles. The molecule has 70 valence electrons. The fraction of sp³-hybridized carbons (Fsp3) is 0.455. The Labute approximate surface area is 78.2 Å². The fourth-order valence-corrected chi connectivity index (χ4v) is 1.85. The van der Waals surface area contributed by atoms with E-state index in [9.17, 15) is 5.11 Å². The molecule has 0 aliphatic carbocycles. The number of aliphatic hydroxyl groups is 1. The van der Waals surface area contributed by atoms with Gasteiger partial charge in [0.25, 0.3) is 0 Å². The van der Waals surface area contributed by atoms with Gasteiger partial charge in [0.2, 0.25) is 0 Å². The van der Waals surface area contributed by atoms with Crippen molar-refractivity contribution in [3.63, 3.8) is 0 Å². The molecule has 13 heavy (non-hydrogen) atoms. The van der Waals surface area contributed by atoms with Crippen molar-refractivity contribution in [1.82, 2.24) is 0 Å². The zero-order valence-corrected chi connectivity index (χ0v) is 7.79. The van der Waals surface area contributed by atoms with E-state index in [-0.39, 0.29) is 12.0 Å². The van der Waals surface area contributed by atoms with Crippen molar-refractivity contribution in [2.75, 3.05) is 19.8 Å². The summed E-state index contributed by atoms with van der Waals surface area (Å²) < 4.78 is 5.18. The van der Waals surface area contributed by atoms with Gasteiger partial charge in [0, 0.05) is 0 Å². The van der Waals surface area contributed by atoms with Gasteiger partial charge in [0.15, 0.2) is 0 Å². The molecule has 2 nitrogen and oxygen atoms in total. The number of aliphatic hydroxyl groups excluding tert-OH is 1. The molecular weight excluding hydrogens is 164 g/mol. The third-order valence-electron chi connectivity index (χ3n) is 2.78. The first kappa shape index (κ1) is 8.73. The van der Waals surface area contributed by atoms with Crippen LogP contribution in [0.5, 0.6) is 0 Å². The first-order valence-electron chi connectivity index (χ1n) is 4.53. The van der Waals surface area contributed by atoms with Crippen LogP contribution in [-0.4, -0.2) is 24.9 Å². The molecule has 0 amide bonds. The van der Waals surface area contributed by atoms with Crippen LogP contribution < -0.4 is 0 Å². The molecule has 2 heteroatoms. The van der Waals surface area contributed by atoms with Crippen LogP contribution in [-0.2, 0) is 10.2 Å². The molecule has 1 fully saturated rings. The van der Waals surface area contributed by atoms with Crippen molar-refractivity contribution < 1.29 is 9.84 Å². The zero-order valence-electron chi connectivity index (χ0n) is 7.79. The summed E-state index contributed by atoms with van der Waals surface area (Å²) in [6, 6.07) is 8.18. The van der Waals surface area contributed by atoms with Gasteiger partial charge in [-0.25, -0.2) is 0 Å². The van der Waals surface area contributed by atoms with Gasteiger partial charge in [-0.3, -0.25) is 0 Å². The van der Waals surface area contributed by atoms with E-state index >= 15 is 0 Å². The highest BCUT2D eigenvalue weighted by molar-refractivity contribution is 5.35. The molecule has 1 N–H and O–H groups in total. The smallest absolute Gasteiger partial charge is 0.0653 e. The highest BCUT2D eigenvalue weighted by Gasteiger charge is 2.40. The molecule has 0 saturated carbocycles. The van der Waals surface area contributed by atoms with Crippen molar-refractivity contribution in [2.24, 2.45) is 0 Å². The average Bonchev–Trinajstić information content (AvgIpc) is 2.07. The Morgan fingerprint density at radius 3 is 2.54 bits per heavy atom. The van der Waals surface area contributed by atoms with Crippen molar-refractivity contribution in [2.45, 2.75) is 12.3 Å². The quantitative estimate of drug-likeness (QED) is 0.738. The largest absolute Gasteiger partial charge is 0.395 e. The van der Waals surface area contributed by atoms with Gasteiger partial charge in [-0.05, 0) is 18.1 Å². The summed E-state index contributed by atoms with van der Waals surface area (Å²) in [6.07, 6.45) is 0. The Morgan fingerprint density at radius 1 is 1.38 bits per heavy atom. The molecule has 1 aliphatic heterocycles. The molecule has 2 rings (SSSR count). The molecule has 0 aromatic heterocycles. The van der Waals surface area contributed by atoms with Gasteiger partial charge in [0.1, 0.15) is 0 Å². The molecule has 1 heterocycles. The van der Waals surface area contributed by atoms with Crippen LogP contribution in [0.3, 0.4) is 0 Å². The van der Waals surface area contributed by atoms with Crippen LogP contribution in [0.2, 0.25) is 0 Å². The van der Waals surface area contributed by atoms with Crippen LogP contribution in [0.1, 0.15) is 11.1 Å². The van der Waals surface area contributed by atoms with Gasteiger partial charge in [0.05, 0.1) is 25.2 Å². The van der Waals surface area contributed by atoms with E-state index in [0.717, 1.165) is 0 Å². The maximum Gasteiger partial charge on any atom is 0.0653 e. The topological polar surface area (TPSA) is 29.5 Å². The Morgan fingerprint density at radius 2 is 2.08 bits per heavy atom. The lowest BCUT2D eigenvalue weighted by molar-refractivity contribution is -0.0844. The summed E-state index contributed by atoms with van der Waals surface area (Å²) in [6.45, 7) is 3.55. The minimum absolute atomic E-state index is 0.120. The number of hydrogen-bond donors (Lipinski definition) is 1. The van der Waals surface area contributed by atoms with E-state index in [2.05, 4.69) is 19.1 Å². The summed E-state index contributed by atoms with van der Waals surface area (Å²) in [4.78, 5) is 0. The Balaban J connectivity index is 2.38. The van der Waals surface area contributed by atoms with E-state index in [0.29, 0.717) is 13.2 Å². The first-order chi connectivity index (χ1) is 6.28. The van der Waals surface area contributed by atoms with Crippen molar-refractivity contribution in [3.05, 3.63) is 35.4 Å². The zero-order chi connectivity index (χ0) is 9.31. The van der Waals surface area contributed by atoms with E-state index in [4.69, 9.17) is 4.74 Å². The maximum atomic E-state index is 9.33. The summed E-state index contributed by atoms with van der Waals surface area (Å²) in [7, 11) is 0. The monoisotopic (exact) mass is 178 g/mol. The number of ether oxygens (including phenoxy) is 1. The van der Waals surface area contributed by atoms with Crippen LogP contribution >= 0.6 is 0 Å². The minimum atomic E-state index is -0.120. The van der Waals surface area contributed by atoms with Crippen LogP contribution in [0.15, 0.2) is 24.3 Å². The minimum Gasteiger partial charge on any atom is -0.395 e. The van der Waals surface area contributed by atoms with Gasteiger partial charge in [-0.1, -0.05) is 24.3 Å². The maximum absolute atomic E-state index is 9.33. The van der Waals surface area contributed by atoms with E-state index in [1.54, 1.807) is 0 Å². The van der Waals surface area contributed by atoms with Crippen LogP contribution in [0, 0.1) is 6.92 Å². The van der Waals surface area contributed by atoms with Crippen LogP contribution in [0.25, 0.3) is 0 Å². The Bertz CT molecular complexity index is 297. The van der Waals surface area contributed by atoms with Gasteiger partial charge in [-0.15, -0.1) is 0 Å². The van der Waals surface area contributed by atoms with E-state index in [1.807, 2.05) is 12.1 Å². The number of benzene rings is 1. The van der Waals surface area contributed by atoms with Crippen molar-refractivity contribution in [1.29, 1.82) is 0 Å². The molecule has 0 unspecified atom stereocenters. The average molecular weight is 178 g/mol. The SMILES string of the molecule is Cc1ccccc1C1(CO)COC1. The molecule has 0 atom stereocenters. The molecule has 1 aromatic carbocycles. The van der Waals surface area contributed by atoms with Crippen molar-refractivity contribution in [3.8, 4) is 0 Å². The normalized spacial score (nSPS) is 19.5. The second-order valence-corrected chi connectivity index (χ2v) is 3.75. The first-order valence-corrected chi connectivity index (χ1v) is 4.53. The lowest BCUT2D eigenvalue weighted by Gasteiger charge is -2.41. The van der Waals surface area contributed by atoms with E-state index in [1.165, 1.54) is 11.1 Å². The third-order valence-corrected chi connectivity index (χ3v) is 2.78. The predicted molar refractivity (Wildman–Crippen MR) is 50.8 cm³/mol. The molecule has 0 spiro atoms. The second kappa shape index (κ2) is 3.13. The Kier molecular flexibility index (Phi) is 2.10. The van der Waals surface area contributed by atoms with Crippen molar-refractivity contribution >= 4 is 0 Å². The molecule has 0 bridgehead atoms. The van der Waals surface area contributed by atoms with Gasteiger partial charge in [-0.2, -0.15) is 0 Å². The van der Waals surface area contributed by atoms with Gasteiger partial charge < -0.3 is 9.84 Å². The summed E-state index contributed by atoms with van der Waals surface area (Å²) in [5, 5.41) is 9.33. The summed E-state index contributed by atoms with van der Waals surface area (Å²) in [5.74, 6) is 0. The highest BCUT2D eigenvalue weighted by Crippen LogP contribution is 2.33. The number of aryl methyl sites for hydroxylation is 1.